The lowest BCUT2D eigenvalue weighted by atomic mass is 10.0. The summed E-state index contributed by atoms with van der Waals surface area (Å²) >= 11 is 0. The Bertz CT molecular complexity index is 891. The molecule has 1 aliphatic rings. The number of β-amino-alcohol motifs (C(OH)–C–C–N with tert-alkyl or cyclic N) is 1. The molecule has 25 heavy (non-hydrogen) atoms. The third-order valence-electron chi connectivity index (χ3n) is 4.55. The number of aromatic nitrogens is 2. The Morgan fingerprint density at radius 1 is 1.20 bits per heavy atom. The van der Waals surface area contributed by atoms with E-state index in [4.69, 9.17) is 0 Å². The Hall–Kier alpha value is -2.70. The van der Waals surface area contributed by atoms with Crippen molar-refractivity contribution < 1.29 is 9.90 Å². The zero-order chi connectivity index (χ0) is 17.2. The van der Waals surface area contributed by atoms with Crippen LogP contribution in [0.2, 0.25) is 0 Å². The number of carbonyl (C=O) groups excluding carboxylic acids is 1. The molecular formula is C19H20N4O2. The van der Waals surface area contributed by atoms with Crippen LogP contribution in [0.4, 0.5) is 0 Å². The number of aliphatic hydroxyl groups is 1. The summed E-state index contributed by atoms with van der Waals surface area (Å²) in [6.07, 6.45) is 3.86. The largest absolute Gasteiger partial charge is 0.390 e. The van der Waals surface area contributed by atoms with E-state index in [0.717, 1.165) is 29.9 Å². The number of rotatable bonds is 3. The van der Waals surface area contributed by atoms with Gasteiger partial charge in [0, 0.05) is 24.5 Å². The second-order valence-electron chi connectivity index (χ2n) is 6.32. The normalized spacial score (nSPS) is 20.5. The predicted molar refractivity (Wildman–Crippen MR) is 95.4 cm³/mol. The molecule has 3 aromatic rings. The van der Waals surface area contributed by atoms with E-state index in [-0.39, 0.29) is 11.9 Å². The molecule has 1 amide bonds. The molecule has 2 aromatic heterocycles. The first-order valence-corrected chi connectivity index (χ1v) is 8.44. The number of carbonyl (C=O) groups is 1. The van der Waals surface area contributed by atoms with Crippen molar-refractivity contribution in [3.8, 4) is 11.3 Å². The SMILES string of the molecule is O=C(NC1CCNCC1O)c1ccc2nc(-c3ccccc3)cn2c1. The number of piperidine rings is 1. The van der Waals surface area contributed by atoms with E-state index in [9.17, 15) is 9.90 Å². The molecule has 3 N–H and O–H groups in total. The molecule has 0 aliphatic carbocycles. The van der Waals surface area contributed by atoms with Gasteiger partial charge in [-0.05, 0) is 25.1 Å². The number of fused-ring (bicyclic) bond motifs is 1. The first-order chi connectivity index (χ1) is 12.2. The molecule has 6 nitrogen and oxygen atoms in total. The molecule has 1 saturated heterocycles. The van der Waals surface area contributed by atoms with Gasteiger partial charge in [-0.1, -0.05) is 30.3 Å². The maximum Gasteiger partial charge on any atom is 0.253 e. The fourth-order valence-corrected chi connectivity index (χ4v) is 3.14. The lowest BCUT2D eigenvalue weighted by Gasteiger charge is -2.29. The standard InChI is InChI=1S/C19H20N4O2/c24-17-10-20-9-8-15(17)22-19(25)14-6-7-18-21-16(12-23(18)11-14)13-4-2-1-3-5-13/h1-7,11-12,15,17,20,24H,8-10H2,(H,22,25). The number of aliphatic hydroxyl groups excluding tert-OH is 1. The van der Waals surface area contributed by atoms with E-state index in [0.29, 0.717) is 12.1 Å². The van der Waals surface area contributed by atoms with Gasteiger partial charge in [-0.25, -0.2) is 4.98 Å². The van der Waals surface area contributed by atoms with Crippen molar-refractivity contribution in [3.63, 3.8) is 0 Å². The average Bonchev–Trinajstić information content (AvgIpc) is 3.07. The lowest BCUT2D eigenvalue weighted by molar-refractivity contribution is 0.0765. The quantitative estimate of drug-likeness (QED) is 0.676. The number of nitrogens with zero attached hydrogens (tertiary/aromatic N) is 2. The second kappa shape index (κ2) is 6.66. The van der Waals surface area contributed by atoms with E-state index in [1.807, 2.05) is 47.0 Å². The molecule has 0 bridgehead atoms. The fraction of sp³-hybridized carbons (Fsp3) is 0.263. The van der Waals surface area contributed by atoms with Crippen molar-refractivity contribution >= 4 is 11.6 Å². The van der Waals surface area contributed by atoms with Gasteiger partial charge in [0.15, 0.2) is 0 Å². The van der Waals surface area contributed by atoms with Crippen LogP contribution in [-0.4, -0.2) is 45.6 Å². The number of hydrogen-bond acceptors (Lipinski definition) is 4. The zero-order valence-electron chi connectivity index (χ0n) is 13.7. The minimum absolute atomic E-state index is 0.178. The van der Waals surface area contributed by atoms with Crippen molar-refractivity contribution in [2.45, 2.75) is 18.6 Å². The molecule has 1 fully saturated rings. The maximum atomic E-state index is 12.5. The highest BCUT2D eigenvalue weighted by molar-refractivity contribution is 5.94. The van der Waals surface area contributed by atoms with Gasteiger partial charge in [0.25, 0.3) is 5.91 Å². The monoisotopic (exact) mass is 336 g/mol. The molecule has 1 aromatic carbocycles. The summed E-state index contributed by atoms with van der Waals surface area (Å²) < 4.78 is 1.86. The third kappa shape index (κ3) is 3.26. The molecule has 0 spiro atoms. The van der Waals surface area contributed by atoms with Gasteiger partial charge in [-0.15, -0.1) is 0 Å². The van der Waals surface area contributed by atoms with Gasteiger partial charge < -0.3 is 20.1 Å². The molecule has 0 saturated carbocycles. The van der Waals surface area contributed by atoms with Crippen LogP contribution < -0.4 is 10.6 Å². The molecule has 3 heterocycles. The molecule has 2 atom stereocenters. The molecule has 4 rings (SSSR count). The van der Waals surface area contributed by atoms with E-state index in [2.05, 4.69) is 15.6 Å². The highest BCUT2D eigenvalue weighted by Crippen LogP contribution is 2.19. The topological polar surface area (TPSA) is 78.7 Å². The number of hydrogen-bond donors (Lipinski definition) is 3. The van der Waals surface area contributed by atoms with Gasteiger partial charge in [0.1, 0.15) is 5.65 Å². The van der Waals surface area contributed by atoms with Crippen molar-refractivity contribution in [1.82, 2.24) is 20.0 Å². The highest BCUT2D eigenvalue weighted by atomic mass is 16.3. The van der Waals surface area contributed by atoms with Gasteiger partial charge >= 0.3 is 0 Å². The summed E-state index contributed by atoms with van der Waals surface area (Å²) in [6, 6.07) is 13.3. The number of nitrogens with one attached hydrogen (secondary N) is 2. The van der Waals surface area contributed by atoms with Crippen LogP contribution in [0.5, 0.6) is 0 Å². The van der Waals surface area contributed by atoms with Crippen LogP contribution in [0, 0.1) is 0 Å². The summed E-state index contributed by atoms with van der Waals surface area (Å²) in [5, 5.41) is 16.0. The number of imidazole rings is 1. The molecule has 2 unspecified atom stereocenters. The van der Waals surface area contributed by atoms with Crippen LogP contribution in [0.25, 0.3) is 16.9 Å². The molecule has 6 heteroatoms. The number of pyridine rings is 1. The van der Waals surface area contributed by atoms with Crippen LogP contribution >= 0.6 is 0 Å². The molecular weight excluding hydrogens is 316 g/mol. The summed E-state index contributed by atoms with van der Waals surface area (Å²) in [4.78, 5) is 17.1. The minimum Gasteiger partial charge on any atom is -0.390 e. The Morgan fingerprint density at radius 3 is 2.84 bits per heavy atom. The predicted octanol–water partition coefficient (Wildman–Crippen LogP) is 1.45. The summed E-state index contributed by atoms with van der Waals surface area (Å²) in [6.45, 7) is 1.30. The average molecular weight is 336 g/mol. The summed E-state index contributed by atoms with van der Waals surface area (Å²) in [5.74, 6) is -0.178. The van der Waals surface area contributed by atoms with E-state index < -0.39 is 6.10 Å². The fourth-order valence-electron chi connectivity index (χ4n) is 3.14. The zero-order valence-corrected chi connectivity index (χ0v) is 13.7. The van der Waals surface area contributed by atoms with Gasteiger partial charge in [-0.2, -0.15) is 0 Å². The van der Waals surface area contributed by atoms with E-state index in [1.54, 1.807) is 12.3 Å². The van der Waals surface area contributed by atoms with Crippen LogP contribution in [-0.2, 0) is 0 Å². The van der Waals surface area contributed by atoms with Gasteiger partial charge in [0.05, 0.1) is 23.4 Å². The third-order valence-corrected chi connectivity index (χ3v) is 4.55. The van der Waals surface area contributed by atoms with Gasteiger partial charge in [0.2, 0.25) is 0 Å². The summed E-state index contributed by atoms with van der Waals surface area (Å²) in [7, 11) is 0. The van der Waals surface area contributed by atoms with E-state index >= 15 is 0 Å². The Kier molecular flexibility index (Phi) is 4.21. The van der Waals surface area contributed by atoms with Crippen LogP contribution in [0.15, 0.2) is 54.9 Å². The minimum atomic E-state index is -0.556. The molecule has 0 radical (unpaired) electrons. The molecule has 1 aliphatic heterocycles. The van der Waals surface area contributed by atoms with Crippen molar-refractivity contribution in [3.05, 3.63) is 60.4 Å². The Morgan fingerprint density at radius 2 is 2.04 bits per heavy atom. The first kappa shape index (κ1) is 15.8. The van der Waals surface area contributed by atoms with E-state index in [1.165, 1.54) is 0 Å². The smallest absolute Gasteiger partial charge is 0.253 e. The van der Waals surface area contributed by atoms with Crippen molar-refractivity contribution in [2.75, 3.05) is 13.1 Å². The Balaban J connectivity index is 1.57. The van der Waals surface area contributed by atoms with Crippen LogP contribution in [0.3, 0.4) is 0 Å². The van der Waals surface area contributed by atoms with Gasteiger partial charge in [-0.3, -0.25) is 4.79 Å². The number of amides is 1. The highest BCUT2D eigenvalue weighted by Gasteiger charge is 2.24. The Labute approximate surface area is 145 Å². The maximum absolute atomic E-state index is 12.5. The van der Waals surface area contributed by atoms with Crippen molar-refractivity contribution in [1.29, 1.82) is 0 Å². The lowest BCUT2D eigenvalue weighted by Crippen LogP contribution is -2.52. The van der Waals surface area contributed by atoms with Crippen LogP contribution in [0.1, 0.15) is 16.8 Å². The van der Waals surface area contributed by atoms with Crippen molar-refractivity contribution in [2.24, 2.45) is 0 Å². The first-order valence-electron chi connectivity index (χ1n) is 8.44. The number of benzene rings is 1. The summed E-state index contributed by atoms with van der Waals surface area (Å²) in [5.41, 5.74) is 3.24. The molecule has 128 valence electrons. The second-order valence-corrected chi connectivity index (χ2v) is 6.32.